The smallest absolute Gasteiger partial charge is 0.250 e. The van der Waals surface area contributed by atoms with Crippen LogP contribution in [0.15, 0.2) is 89.1 Å². The molecule has 0 bridgehead atoms. The second-order valence-electron chi connectivity index (χ2n) is 7.27. The van der Waals surface area contributed by atoms with Crippen molar-refractivity contribution < 1.29 is 9.90 Å². The fraction of sp³-hybridized carbons (Fsp3) is 0.120. The first-order chi connectivity index (χ1) is 16.5. The molecule has 1 amide bonds. The summed E-state index contributed by atoms with van der Waals surface area (Å²) in [5, 5.41) is 23.6. The normalized spacial score (nSPS) is 11.4. The quantitative estimate of drug-likeness (QED) is 0.198. The van der Waals surface area contributed by atoms with Gasteiger partial charge in [-0.1, -0.05) is 60.6 Å². The van der Waals surface area contributed by atoms with Crippen LogP contribution in [0.1, 0.15) is 18.9 Å². The van der Waals surface area contributed by atoms with Gasteiger partial charge < -0.3 is 5.11 Å². The molecular formula is C25H22ClN5O2S. The molecule has 0 spiro atoms. The highest BCUT2D eigenvalue weighted by molar-refractivity contribution is 7.99. The second-order valence-corrected chi connectivity index (χ2v) is 8.65. The van der Waals surface area contributed by atoms with Crippen LogP contribution in [0.5, 0.6) is 5.75 Å². The molecule has 0 aliphatic carbocycles. The van der Waals surface area contributed by atoms with E-state index in [0.29, 0.717) is 28.1 Å². The van der Waals surface area contributed by atoms with Crippen LogP contribution < -0.4 is 5.43 Å². The molecule has 0 radical (unpaired) electrons. The van der Waals surface area contributed by atoms with Gasteiger partial charge >= 0.3 is 0 Å². The van der Waals surface area contributed by atoms with Crippen LogP contribution in [0.25, 0.3) is 17.1 Å². The highest BCUT2D eigenvalue weighted by Gasteiger charge is 2.17. The van der Waals surface area contributed by atoms with Gasteiger partial charge in [-0.05, 0) is 60.5 Å². The minimum absolute atomic E-state index is 0.108. The van der Waals surface area contributed by atoms with Crippen molar-refractivity contribution in [1.29, 1.82) is 0 Å². The van der Waals surface area contributed by atoms with Crippen molar-refractivity contribution in [1.82, 2.24) is 20.2 Å². The second kappa shape index (κ2) is 11.0. The third kappa shape index (κ3) is 5.65. The lowest BCUT2D eigenvalue weighted by molar-refractivity contribution is -0.118. The number of hydrazone groups is 1. The summed E-state index contributed by atoms with van der Waals surface area (Å²) in [4.78, 5) is 12.5. The van der Waals surface area contributed by atoms with E-state index in [1.807, 2.05) is 54.0 Å². The van der Waals surface area contributed by atoms with Gasteiger partial charge in [0.15, 0.2) is 11.0 Å². The Morgan fingerprint density at radius 2 is 1.74 bits per heavy atom. The van der Waals surface area contributed by atoms with Crippen molar-refractivity contribution in [3.05, 3.63) is 89.4 Å². The maximum absolute atomic E-state index is 12.5. The number of hydrogen-bond donors (Lipinski definition) is 2. The molecule has 1 heterocycles. The number of aromatic nitrogens is 3. The molecule has 3 aromatic carbocycles. The minimum Gasteiger partial charge on any atom is -0.508 e. The predicted molar refractivity (Wildman–Crippen MR) is 136 cm³/mol. The third-order valence-corrected chi connectivity index (χ3v) is 6.11. The summed E-state index contributed by atoms with van der Waals surface area (Å²) in [5.74, 6) is 0.696. The van der Waals surface area contributed by atoms with E-state index in [-0.39, 0.29) is 17.4 Å². The highest BCUT2D eigenvalue weighted by atomic mass is 35.5. The van der Waals surface area contributed by atoms with E-state index < -0.39 is 0 Å². The Morgan fingerprint density at radius 3 is 2.41 bits per heavy atom. The molecule has 34 heavy (non-hydrogen) atoms. The summed E-state index contributed by atoms with van der Waals surface area (Å²) in [6, 6.07) is 23.8. The van der Waals surface area contributed by atoms with Crippen molar-refractivity contribution >= 4 is 35.0 Å². The number of halogens is 1. The van der Waals surface area contributed by atoms with Crippen molar-refractivity contribution in [2.45, 2.75) is 18.5 Å². The van der Waals surface area contributed by atoms with E-state index in [2.05, 4.69) is 20.7 Å². The number of nitrogens with zero attached hydrogens (tertiary/aromatic N) is 4. The first-order valence-corrected chi connectivity index (χ1v) is 12.0. The van der Waals surface area contributed by atoms with Crippen molar-refractivity contribution in [2.75, 3.05) is 5.75 Å². The number of phenols is 1. The number of rotatable bonds is 8. The molecule has 7 nitrogen and oxygen atoms in total. The summed E-state index contributed by atoms with van der Waals surface area (Å²) in [5.41, 5.74) is 5.92. The van der Waals surface area contributed by atoms with Gasteiger partial charge in [0, 0.05) is 16.3 Å². The van der Waals surface area contributed by atoms with Gasteiger partial charge in [-0.15, -0.1) is 10.2 Å². The zero-order chi connectivity index (χ0) is 23.9. The van der Waals surface area contributed by atoms with Gasteiger partial charge in [0.25, 0.3) is 5.91 Å². The number of thioether (sulfide) groups is 1. The summed E-state index contributed by atoms with van der Waals surface area (Å²) >= 11 is 7.34. The molecule has 9 heteroatoms. The van der Waals surface area contributed by atoms with E-state index in [4.69, 9.17) is 11.6 Å². The average Bonchev–Trinajstić information content (AvgIpc) is 3.29. The predicted octanol–water partition coefficient (Wildman–Crippen LogP) is 5.32. The van der Waals surface area contributed by atoms with Crippen LogP contribution in [0.2, 0.25) is 5.02 Å². The topological polar surface area (TPSA) is 92.4 Å². The molecule has 2 N–H and O–H groups in total. The molecule has 4 rings (SSSR count). The maximum Gasteiger partial charge on any atom is 0.250 e. The van der Waals surface area contributed by atoms with E-state index in [1.165, 1.54) is 11.8 Å². The number of amides is 1. The largest absolute Gasteiger partial charge is 0.508 e. The Morgan fingerprint density at radius 1 is 1.03 bits per heavy atom. The molecule has 0 unspecified atom stereocenters. The van der Waals surface area contributed by atoms with Crippen LogP contribution in [0.3, 0.4) is 0 Å². The fourth-order valence-electron chi connectivity index (χ4n) is 3.25. The monoisotopic (exact) mass is 491 g/mol. The molecule has 0 atom stereocenters. The van der Waals surface area contributed by atoms with E-state index in [9.17, 15) is 9.90 Å². The first-order valence-electron chi connectivity index (χ1n) is 10.6. The Labute approximate surface area is 206 Å². The van der Waals surface area contributed by atoms with Crippen LogP contribution in [-0.4, -0.2) is 37.2 Å². The molecule has 0 fully saturated rings. The van der Waals surface area contributed by atoms with Crippen LogP contribution in [-0.2, 0) is 4.79 Å². The van der Waals surface area contributed by atoms with Crippen molar-refractivity contribution in [2.24, 2.45) is 5.10 Å². The molecule has 1 aromatic heterocycles. The average molecular weight is 492 g/mol. The van der Waals surface area contributed by atoms with Crippen LogP contribution in [0.4, 0.5) is 0 Å². The number of benzene rings is 3. The van der Waals surface area contributed by atoms with Gasteiger partial charge in [0.1, 0.15) is 5.75 Å². The van der Waals surface area contributed by atoms with Crippen LogP contribution >= 0.6 is 23.4 Å². The Hall–Kier alpha value is -3.62. The maximum atomic E-state index is 12.5. The Balaban J connectivity index is 1.52. The molecule has 172 valence electrons. The number of aromatic hydroxyl groups is 1. The number of carbonyl (C=O) groups is 1. The van der Waals surface area contributed by atoms with E-state index in [0.717, 1.165) is 16.8 Å². The van der Waals surface area contributed by atoms with Crippen molar-refractivity contribution in [3.63, 3.8) is 0 Å². The minimum atomic E-state index is -0.262. The molecule has 4 aromatic rings. The summed E-state index contributed by atoms with van der Waals surface area (Å²) in [7, 11) is 0. The van der Waals surface area contributed by atoms with Crippen LogP contribution in [0, 0.1) is 0 Å². The number of hydrogen-bond acceptors (Lipinski definition) is 6. The standard InChI is InChI=1S/C25H22ClN5O2S/c1-2-22(17-8-14-21(32)15-9-17)27-28-23(33)16-34-25-30-29-24(18-6-4-3-5-7-18)31(25)20-12-10-19(26)11-13-20/h3-15,32H,2,16H2,1H3,(H,28,33)/b27-22+. The molecule has 0 aliphatic heterocycles. The summed E-state index contributed by atoms with van der Waals surface area (Å²) < 4.78 is 1.90. The number of nitrogens with one attached hydrogen (secondary N) is 1. The lowest BCUT2D eigenvalue weighted by Gasteiger charge is -2.10. The number of carbonyl (C=O) groups excluding carboxylic acids is 1. The molecule has 0 saturated heterocycles. The summed E-state index contributed by atoms with van der Waals surface area (Å²) in [6.07, 6.45) is 0.628. The van der Waals surface area contributed by atoms with E-state index in [1.54, 1.807) is 36.4 Å². The van der Waals surface area contributed by atoms with Gasteiger partial charge in [-0.2, -0.15) is 5.10 Å². The Kier molecular flexibility index (Phi) is 7.61. The van der Waals surface area contributed by atoms with Gasteiger partial charge in [0.2, 0.25) is 0 Å². The zero-order valence-electron chi connectivity index (χ0n) is 18.4. The van der Waals surface area contributed by atoms with E-state index >= 15 is 0 Å². The zero-order valence-corrected chi connectivity index (χ0v) is 19.9. The van der Waals surface area contributed by atoms with Gasteiger partial charge in [-0.3, -0.25) is 9.36 Å². The SMILES string of the molecule is CC/C(=N\NC(=O)CSc1nnc(-c2ccccc2)n1-c1ccc(Cl)cc1)c1ccc(O)cc1. The molecular weight excluding hydrogens is 470 g/mol. The molecule has 0 saturated carbocycles. The van der Waals surface area contributed by atoms with Gasteiger partial charge in [-0.25, -0.2) is 5.43 Å². The lowest BCUT2D eigenvalue weighted by Crippen LogP contribution is -2.22. The third-order valence-electron chi connectivity index (χ3n) is 4.93. The molecule has 0 aliphatic rings. The van der Waals surface area contributed by atoms with Crippen molar-refractivity contribution in [3.8, 4) is 22.8 Å². The Bertz CT molecular complexity index is 1290. The highest BCUT2D eigenvalue weighted by Crippen LogP contribution is 2.28. The number of phenolic OH excluding ortho intramolecular Hbond substituents is 1. The fourth-order valence-corrected chi connectivity index (χ4v) is 4.12. The lowest BCUT2D eigenvalue weighted by atomic mass is 10.1. The first kappa shape index (κ1) is 23.5. The summed E-state index contributed by atoms with van der Waals surface area (Å²) in [6.45, 7) is 1.95. The van der Waals surface area contributed by atoms with Gasteiger partial charge in [0.05, 0.1) is 11.5 Å².